The van der Waals surface area contributed by atoms with Crippen LogP contribution in [0.1, 0.15) is 56.9 Å². The molecule has 0 spiro atoms. The van der Waals surface area contributed by atoms with Crippen molar-refractivity contribution in [2.75, 3.05) is 19.8 Å². The Labute approximate surface area is 156 Å². The Hall–Kier alpha value is -1.40. The number of esters is 1. The lowest BCUT2D eigenvalue weighted by atomic mass is 9.85. The highest BCUT2D eigenvalue weighted by Crippen LogP contribution is 2.38. The number of hydrogen-bond donors (Lipinski definition) is 0. The van der Waals surface area contributed by atoms with Crippen molar-refractivity contribution in [2.24, 2.45) is 5.92 Å². The Morgan fingerprint density at radius 1 is 1.19 bits per heavy atom. The van der Waals surface area contributed by atoms with Crippen LogP contribution in [0, 0.1) is 5.92 Å². The molecule has 1 saturated heterocycles. The normalized spacial score (nSPS) is 20.3. The van der Waals surface area contributed by atoms with Crippen molar-refractivity contribution in [3.63, 3.8) is 0 Å². The first-order valence-electron chi connectivity index (χ1n) is 9.61. The fourth-order valence-corrected chi connectivity index (χ4v) is 5.92. The van der Waals surface area contributed by atoms with E-state index < -0.39 is 15.8 Å². The van der Waals surface area contributed by atoms with Crippen LogP contribution >= 0.6 is 0 Å². The molecule has 1 aromatic carbocycles. The van der Waals surface area contributed by atoms with Gasteiger partial charge in [-0.2, -0.15) is 0 Å². The van der Waals surface area contributed by atoms with Gasteiger partial charge >= 0.3 is 5.97 Å². The maximum absolute atomic E-state index is 13.0. The van der Waals surface area contributed by atoms with Crippen LogP contribution in [0.5, 0.6) is 0 Å². The van der Waals surface area contributed by atoms with E-state index in [0.29, 0.717) is 55.5 Å². The quantitative estimate of drug-likeness (QED) is 0.678. The van der Waals surface area contributed by atoms with Gasteiger partial charge in [0.2, 0.25) is 0 Å². The average Bonchev–Trinajstić information content (AvgIpc) is 2.59. The molecule has 0 amide bonds. The summed E-state index contributed by atoms with van der Waals surface area (Å²) in [4.78, 5) is 13.0. The van der Waals surface area contributed by atoms with Crippen LogP contribution < -0.4 is 0 Å². The zero-order chi connectivity index (χ0) is 18.6. The second-order valence-electron chi connectivity index (χ2n) is 7.23. The van der Waals surface area contributed by atoms with E-state index in [2.05, 4.69) is 0 Å². The molecule has 0 N–H and O–H groups in total. The first kappa shape index (κ1) is 19.4. The molecule has 1 aliphatic carbocycles. The van der Waals surface area contributed by atoms with E-state index in [1.165, 1.54) is 0 Å². The van der Waals surface area contributed by atoms with Crippen molar-refractivity contribution in [2.45, 2.75) is 61.5 Å². The molecule has 0 aromatic heterocycles. The molecule has 0 radical (unpaired) electrons. The molecule has 26 heavy (non-hydrogen) atoms. The standard InChI is InChI=1S/C20H28O5S/c1-2-25-20(21)18(14-15-10-12-24-13-11-15)17-8-3-4-9-19(17)26(22,23)16-6-5-7-16/h3-4,8-9,15-16,18H,2,5-7,10-14H2,1H3. The van der Waals surface area contributed by atoms with E-state index in [-0.39, 0.29) is 11.2 Å². The van der Waals surface area contributed by atoms with Gasteiger partial charge in [0.25, 0.3) is 0 Å². The van der Waals surface area contributed by atoms with Gasteiger partial charge in [0.05, 0.1) is 22.7 Å². The summed E-state index contributed by atoms with van der Waals surface area (Å²) in [6, 6.07) is 6.99. The van der Waals surface area contributed by atoms with Gasteiger partial charge in [-0.25, -0.2) is 8.42 Å². The monoisotopic (exact) mass is 380 g/mol. The minimum absolute atomic E-state index is 0.292. The molecule has 0 bridgehead atoms. The average molecular weight is 381 g/mol. The van der Waals surface area contributed by atoms with Crippen molar-refractivity contribution in [1.82, 2.24) is 0 Å². The second-order valence-corrected chi connectivity index (χ2v) is 9.43. The summed E-state index contributed by atoms with van der Waals surface area (Å²) < 4.78 is 36.8. The molecule has 5 nitrogen and oxygen atoms in total. The van der Waals surface area contributed by atoms with Gasteiger partial charge < -0.3 is 9.47 Å². The molecule has 3 rings (SSSR count). The third-order valence-corrected chi connectivity index (χ3v) is 7.91. The third kappa shape index (κ3) is 4.12. The number of benzene rings is 1. The van der Waals surface area contributed by atoms with Gasteiger partial charge in [-0.05, 0) is 56.6 Å². The Balaban J connectivity index is 1.93. The van der Waals surface area contributed by atoms with Crippen LogP contribution in [0.2, 0.25) is 0 Å². The third-order valence-electron chi connectivity index (χ3n) is 5.57. The predicted molar refractivity (Wildman–Crippen MR) is 98.8 cm³/mol. The van der Waals surface area contributed by atoms with Crippen LogP contribution in [0.15, 0.2) is 29.2 Å². The highest BCUT2D eigenvalue weighted by molar-refractivity contribution is 7.92. The van der Waals surface area contributed by atoms with Crippen molar-refractivity contribution in [3.8, 4) is 0 Å². The molecule has 2 aliphatic rings. The Bertz CT molecular complexity index is 717. The zero-order valence-corrected chi connectivity index (χ0v) is 16.2. The summed E-state index contributed by atoms with van der Waals surface area (Å²) in [5.41, 5.74) is 0.601. The summed E-state index contributed by atoms with van der Waals surface area (Å²) in [5.74, 6) is -0.517. The fourth-order valence-electron chi connectivity index (χ4n) is 3.80. The molecular formula is C20H28O5S. The maximum atomic E-state index is 13.0. The first-order valence-corrected chi connectivity index (χ1v) is 11.2. The molecule has 1 heterocycles. The molecule has 1 saturated carbocycles. The van der Waals surface area contributed by atoms with E-state index in [0.717, 1.165) is 19.3 Å². The number of carbonyl (C=O) groups excluding carboxylic acids is 1. The summed E-state index contributed by atoms with van der Waals surface area (Å²) in [7, 11) is -3.40. The molecular weight excluding hydrogens is 352 g/mol. The van der Waals surface area contributed by atoms with Gasteiger partial charge in [-0.3, -0.25) is 4.79 Å². The molecule has 2 fully saturated rings. The van der Waals surface area contributed by atoms with E-state index in [1.807, 2.05) is 6.07 Å². The fraction of sp³-hybridized carbons (Fsp3) is 0.650. The lowest BCUT2D eigenvalue weighted by molar-refractivity contribution is -0.145. The molecule has 144 valence electrons. The van der Waals surface area contributed by atoms with Gasteiger partial charge in [0, 0.05) is 13.2 Å². The molecule has 6 heteroatoms. The minimum Gasteiger partial charge on any atom is -0.466 e. The van der Waals surface area contributed by atoms with Crippen LogP contribution in [-0.4, -0.2) is 39.5 Å². The summed E-state index contributed by atoms with van der Waals surface area (Å²) >= 11 is 0. The van der Waals surface area contributed by atoms with Crippen LogP contribution in [0.3, 0.4) is 0 Å². The Morgan fingerprint density at radius 2 is 1.88 bits per heavy atom. The van der Waals surface area contributed by atoms with E-state index in [1.54, 1.807) is 25.1 Å². The van der Waals surface area contributed by atoms with Crippen LogP contribution in [0.25, 0.3) is 0 Å². The number of carbonyl (C=O) groups is 1. The lowest BCUT2D eigenvalue weighted by Gasteiger charge is -2.29. The van der Waals surface area contributed by atoms with E-state index in [4.69, 9.17) is 9.47 Å². The molecule has 1 aliphatic heterocycles. The Morgan fingerprint density at radius 3 is 2.50 bits per heavy atom. The molecule has 1 aromatic rings. The topological polar surface area (TPSA) is 69.7 Å². The van der Waals surface area contributed by atoms with Crippen molar-refractivity contribution >= 4 is 15.8 Å². The van der Waals surface area contributed by atoms with E-state index in [9.17, 15) is 13.2 Å². The predicted octanol–water partition coefficient (Wildman–Crippen LogP) is 3.48. The number of sulfone groups is 1. The second kappa shape index (κ2) is 8.53. The van der Waals surface area contributed by atoms with Crippen molar-refractivity contribution in [3.05, 3.63) is 29.8 Å². The SMILES string of the molecule is CCOC(=O)C(CC1CCOCC1)c1ccccc1S(=O)(=O)C1CCC1. The highest BCUT2D eigenvalue weighted by atomic mass is 32.2. The number of ether oxygens (including phenoxy) is 2. The van der Waals surface area contributed by atoms with Gasteiger partial charge in [-0.1, -0.05) is 24.6 Å². The summed E-state index contributed by atoms with van der Waals surface area (Å²) in [6.07, 6.45) is 4.77. The maximum Gasteiger partial charge on any atom is 0.313 e. The van der Waals surface area contributed by atoms with Gasteiger partial charge in [-0.15, -0.1) is 0 Å². The largest absolute Gasteiger partial charge is 0.466 e. The van der Waals surface area contributed by atoms with Gasteiger partial charge in [0.1, 0.15) is 0 Å². The smallest absolute Gasteiger partial charge is 0.313 e. The minimum atomic E-state index is -3.40. The van der Waals surface area contributed by atoms with Crippen molar-refractivity contribution < 1.29 is 22.7 Å². The summed E-state index contributed by atoms with van der Waals surface area (Å²) in [5, 5.41) is -0.311. The van der Waals surface area contributed by atoms with Gasteiger partial charge in [0.15, 0.2) is 9.84 Å². The molecule has 1 unspecified atom stereocenters. The summed E-state index contributed by atoms with van der Waals surface area (Å²) in [6.45, 7) is 3.46. The van der Waals surface area contributed by atoms with E-state index >= 15 is 0 Å². The Kier molecular flexibility index (Phi) is 6.35. The first-order chi connectivity index (χ1) is 12.5. The highest BCUT2D eigenvalue weighted by Gasteiger charge is 2.37. The number of hydrogen-bond acceptors (Lipinski definition) is 5. The zero-order valence-electron chi connectivity index (χ0n) is 15.4. The lowest BCUT2D eigenvalue weighted by Crippen LogP contribution is -2.30. The number of rotatable bonds is 7. The van der Waals surface area contributed by atoms with Crippen LogP contribution in [0.4, 0.5) is 0 Å². The van der Waals surface area contributed by atoms with Crippen LogP contribution in [-0.2, 0) is 24.1 Å². The van der Waals surface area contributed by atoms with Crippen molar-refractivity contribution in [1.29, 1.82) is 0 Å². The molecule has 1 atom stereocenters.